The number of hydrogen-bond acceptors (Lipinski definition) is 1. The van der Waals surface area contributed by atoms with Crippen molar-refractivity contribution in [2.75, 3.05) is 6.61 Å². The van der Waals surface area contributed by atoms with Crippen LogP contribution in [0.3, 0.4) is 0 Å². The molecule has 1 unspecified atom stereocenters. The quantitative estimate of drug-likeness (QED) is 0.398. The van der Waals surface area contributed by atoms with Crippen molar-refractivity contribution in [1.82, 2.24) is 0 Å². The lowest BCUT2D eigenvalue weighted by Gasteiger charge is -2.35. The molecule has 1 aliphatic heterocycles. The molecule has 1 heterocycles. The average molecular weight is 328 g/mol. The molecule has 4 rings (SSSR count). The molecule has 0 bridgehead atoms. The monoisotopic (exact) mass is 328 g/mol. The van der Waals surface area contributed by atoms with E-state index in [1.807, 2.05) is 0 Å². The van der Waals surface area contributed by atoms with Crippen LogP contribution in [0.25, 0.3) is 0 Å². The molecular formula is C22H20OSi. The van der Waals surface area contributed by atoms with E-state index in [9.17, 15) is 0 Å². The molecule has 1 atom stereocenters. The lowest BCUT2D eigenvalue weighted by molar-refractivity contribution is 0.437. The fourth-order valence-corrected chi connectivity index (χ4v) is 8.45. The second-order valence-corrected chi connectivity index (χ2v) is 10.1. The Balaban J connectivity index is 2.05. The minimum Gasteiger partial charge on any atom is -0.369 e. The van der Waals surface area contributed by atoms with Gasteiger partial charge in [0.05, 0.1) is 12.7 Å². The molecule has 0 radical (unpaired) electrons. The maximum atomic E-state index is 5.68. The fourth-order valence-electron chi connectivity index (χ4n) is 3.61. The first kappa shape index (κ1) is 15.1. The molecule has 1 fully saturated rings. The summed E-state index contributed by atoms with van der Waals surface area (Å²) in [5.74, 6) is 0. The summed E-state index contributed by atoms with van der Waals surface area (Å²) in [5, 5.41) is 5.33. The number of ether oxygens (including phenoxy) is 1. The summed E-state index contributed by atoms with van der Waals surface area (Å²) in [4.78, 5) is 0. The van der Waals surface area contributed by atoms with E-state index in [0.717, 1.165) is 6.61 Å². The Labute approximate surface area is 144 Å². The zero-order chi connectivity index (χ0) is 16.4. The van der Waals surface area contributed by atoms with Gasteiger partial charge in [0.15, 0.2) is 8.07 Å². The van der Waals surface area contributed by atoms with Crippen LogP contribution in [-0.2, 0) is 4.74 Å². The van der Waals surface area contributed by atoms with Gasteiger partial charge in [-0.05, 0) is 20.8 Å². The van der Waals surface area contributed by atoms with Gasteiger partial charge < -0.3 is 4.74 Å². The Morgan fingerprint density at radius 2 is 1.04 bits per heavy atom. The highest BCUT2D eigenvalue weighted by atomic mass is 28.3. The third kappa shape index (κ3) is 2.44. The number of benzene rings is 3. The van der Waals surface area contributed by atoms with E-state index in [1.165, 1.54) is 20.8 Å². The van der Waals surface area contributed by atoms with Gasteiger partial charge in [-0.1, -0.05) is 91.0 Å². The van der Waals surface area contributed by atoms with E-state index in [1.54, 1.807) is 0 Å². The van der Waals surface area contributed by atoms with Crippen LogP contribution < -0.4 is 15.6 Å². The van der Waals surface area contributed by atoms with Crippen molar-refractivity contribution in [3.8, 4) is 0 Å². The Morgan fingerprint density at radius 1 is 0.708 bits per heavy atom. The molecule has 118 valence electrons. The van der Waals surface area contributed by atoms with Gasteiger partial charge in [-0.15, -0.1) is 6.58 Å². The SMILES string of the molecule is C=C(C1CO1)[Si](c1ccccc1)(c1ccccc1)c1ccccc1. The van der Waals surface area contributed by atoms with Crippen molar-refractivity contribution < 1.29 is 4.74 Å². The van der Waals surface area contributed by atoms with Crippen molar-refractivity contribution in [2.24, 2.45) is 0 Å². The van der Waals surface area contributed by atoms with E-state index in [4.69, 9.17) is 4.74 Å². The Bertz CT molecular complexity index is 727. The molecular weight excluding hydrogens is 308 g/mol. The second-order valence-electron chi connectivity index (χ2n) is 6.20. The van der Waals surface area contributed by atoms with E-state index >= 15 is 0 Å². The van der Waals surface area contributed by atoms with Crippen LogP contribution in [0.4, 0.5) is 0 Å². The molecule has 1 nitrogen and oxygen atoms in total. The molecule has 0 saturated carbocycles. The predicted octanol–water partition coefficient (Wildman–Crippen LogP) is 2.65. The Kier molecular flexibility index (Phi) is 3.93. The van der Waals surface area contributed by atoms with Gasteiger partial charge in [-0.3, -0.25) is 0 Å². The van der Waals surface area contributed by atoms with E-state index < -0.39 is 8.07 Å². The van der Waals surface area contributed by atoms with E-state index in [2.05, 4.69) is 97.6 Å². The molecule has 2 heteroatoms. The van der Waals surface area contributed by atoms with E-state index in [0.29, 0.717) is 0 Å². The minimum atomic E-state index is -2.35. The van der Waals surface area contributed by atoms with Crippen LogP contribution in [0.2, 0.25) is 0 Å². The van der Waals surface area contributed by atoms with Crippen molar-refractivity contribution in [3.05, 3.63) is 103 Å². The van der Waals surface area contributed by atoms with Gasteiger partial charge in [0.1, 0.15) is 0 Å². The molecule has 0 aromatic heterocycles. The van der Waals surface area contributed by atoms with Crippen LogP contribution >= 0.6 is 0 Å². The van der Waals surface area contributed by atoms with Crippen molar-refractivity contribution in [3.63, 3.8) is 0 Å². The van der Waals surface area contributed by atoms with E-state index in [-0.39, 0.29) is 6.10 Å². The van der Waals surface area contributed by atoms with Crippen LogP contribution in [0.15, 0.2) is 103 Å². The molecule has 1 aliphatic rings. The second kappa shape index (κ2) is 6.23. The summed E-state index contributed by atoms with van der Waals surface area (Å²) in [7, 11) is -2.35. The molecule has 24 heavy (non-hydrogen) atoms. The minimum absolute atomic E-state index is 0.178. The molecule has 3 aromatic carbocycles. The Morgan fingerprint density at radius 3 is 1.33 bits per heavy atom. The summed E-state index contributed by atoms with van der Waals surface area (Å²) in [6.45, 7) is 5.35. The summed E-state index contributed by atoms with van der Waals surface area (Å²) < 4.78 is 5.68. The first-order valence-corrected chi connectivity index (χ1v) is 10.3. The molecule has 0 amide bonds. The van der Waals surface area contributed by atoms with Gasteiger partial charge in [-0.25, -0.2) is 0 Å². The van der Waals surface area contributed by atoms with Gasteiger partial charge in [0, 0.05) is 0 Å². The zero-order valence-electron chi connectivity index (χ0n) is 13.6. The van der Waals surface area contributed by atoms with Crippen LogP contribution in [0.5, 0.6) is 0 Å². The van der Waals surface area contributed by atoms with Crippen molar-refractivity contribution in [2.45, 2.75) is 6.10 Å². The Hall–Kier alpha value is -2.42. The lowest BCUT2D eigenvalue weighted by atomic mass is 10.3. The first-order valence-electron chi connectivity index (χ1n) is 8.31. The number of hydrogen-bond donors (Lipinski definition) is 0. The van der Waals surface area contributed by atoms with Crippen molar-refractivity contribution in [1.29, 1.82) is 0 Å². The summed E-state index contributed by atoms with van der Waals surface area (Å²) in [6.07, 6.45) is 0.178. The number of rotatable bonds is 5. The maximum Gasteiger partial charge on any atom is 0.177 e. The molecule has 0 aliphatic carbocycles. The predicted molar refractivity (Wildman–Crippen MR) is 103 cm³/mol. The standard InChI is InChI=1S/C22H20OSi/c1-18(22-17-23-22)24(19-11-5-2-6-12-19,20-13-7-3-8-14-20)21-15-9-4-10-16-21/h2-16,22H,1,17H2. The first-order chi connectivity index (χ1) is 11.8. The molecule has 0 N–H and O–H groups in total. The highest BCUT2D eigenvalue weighted by Gasteiger charge is 2.47. The summed E-state index contributed by atoms with van der Waals surface area (Å²) >= 11 is 0. The molecule has 0 spiro atoms. The largest absolute Gasteiger partial charge is 0.369 e. The van der Waals surface area contributed by atoms with Gasteiger partial charge in [-0.2, -0.15) is 0 Å². The summed E-state index contributed by atoms with van der Waals surface area (Å²) in [6, 6.07) is 32.5. The highest BCUT2D eigenvalue weighted by molar-refractivity contribution is 7.16. The van der Waals surface area contributed by atoms with Crippen LogP contribution in [0, 0.1) is 0 Å². The maximum absolute atomic E-state index is 5.68. The average Bonchev–Trinajstić information content (AvgIpc) is 3.50. The van der Waals surface area contributed by atoms with Gasteiger partial charge >= 0.3 is 0 Å². The third-order valence-corrected chi connectivity index (χ3v) is 9.71. The van der Waals surface area contributed by atoms with Gasteiger partial charge in [0.2, 0.25) is 0 Å². The highest BCUT2D eigenvalue weighted by Crippen LogP contribution is 2.27. The van der Waals surface area contributed by atoms with Crippen LogP contribution in [-0.4, -0.2) is 20.8 Å². The topological polar surface area (TPSA) is 12.5 Å². The smallest absolute Gasteiger partial charge is 0.177 e. The third-order valence-electron chi connectivity index (χ3n) is 4.82. The van der Waals surface area contributed by atoms with Crippen molar-refractivity contribution >= 4 is 23.6 Å². The number of epoxide rings is 1. The fraction of sp³-hybridized carbons (Fsp3) is 0.0909. The zero-order valence-corrected chi connectivity index (χ0v) is 14.6. The van der Waals surface area contributed by atoms with Crippen LogP contribution in [0.1, 0.15) is 0 Å². The lowest BCUT2D eigenvalue weighted by Crippen LogP contribution is -2.69. The molecule has 3 aromatic rings. The van der Waals surface area contributed by atoms with Gasteiger partial charge in [0.25, 0.3) is 0 Å². The summed E-state index contributed by atoms with van der Waals surface area (Å²) in [5.41, 5.74) is 0. The normalized spacial score (nSPS) is 16.6. The molecule has 1 saturated heterocycles.